The third-order valence-corrected chi connectivity index (χ3v) is 2.94. The smallest absolute Gasteiger partial charge is 0.159 e. The van der Waals surface area contributed by atoms with E-state index < -0.39 is 0 Å². The van der Waals surface area contributed by atoms with Gasteiger partial charge in [-0.15, -0.1) is 0 Å². The quantitative estimate of drug-likeness (QED) is 0.703. The van der Waals surface area contributed by atoms with E-state index in [0.29, 0.717) is 0 Å². The van der Waals surface area contributed by atoms with Crippen LogP contribution in [0.5, 0.6) is 0 Å². The van der Waals surface area contributed by atoms with Crippen molar-refractivity contribution in [2.24, 2.45) is 0 Å². The Morgan fingerprint density at radius 2 is 2.07 bits per heavy atom. The van der Waals surface area contributed by atoms with Crippen LogP contribution in [0, 0.1) is 0 Å². The van der Waals surface area contributed by atoms with Crippen LogP contribution in [0.2, 0.25) is 0 Å². The van der Waals surface area contributed by atoms with Gasteiger partial charge in [-0.25, -0.2) is 0 Å². The molecular formula is C13H17NO. The first kappa shape index (κ1) is 10.4. The summed E-state index contributed by atoms with van der Waals surface area (Å²) in [5.41, 5.74) is 2.08. The fraction of sp³-hybridized carbons (Fsp3) is 0.462. The predicted molar refractivity (Wildman–Crippen MR) is 61.0 cm³/mol. The van der Waals surface area contributed by atoms with E-state index in [1.54, 1.807) is 6.92 Å². The minimum absolute atomic E-state index is 0.151. The molecule has 0 saturated carbocycles. The van der Waals surface area contributed by atoms with Crippen LogP contribution < -0.4 is 0 Å². The lowest BCUT2D eigenvalue weighted by Gasteiger charge is -2.14. The Labute approximate surface area is 90.9 Å². The first-order valence-corrected chi connectivity index (χ1v) is 5.58. The summed E-state index contributed by atoms with van der Waals surface area (Å²) in [4.78, 5) is 13.7. The Bertz CT molecular complexity index is 353. The molecule has 0 aromatic heterocycles. The molecule has 1 aliphatic heterocycles. The standard InChI is InChI=1S/C13H17NO/c1-11(15)13-6-4-5-12(9-13)10-14-7-2-3-8-14/h4-6,9H,2-3,7-8,10H2,1H3. The largest absolute Gasteiger partial charge is 0.299 e. The fourth-order valence-corrected chi connectivity index (χ4v) is 2.09. The summed E-state index contributed by atoms with van der Waals surface area (Å²) < 4.78 is 0. The number of carbonyl (C=O) groups excluding carboxylic acids is 1. The number of Topliss-reactive ketones (excluding diaryl/α,β-unsaturated/α-hetero) is 1. The number of likely N-dealkylation sites (tertiary alicyclic amines) is 1. The lowest BCUT2D eigenvalue weighted by atomic mass is 10.1. The fourth-order valence-electron chi connectivity index (χ4n) is 2.09. The first-order chi connectivity index (χ1) is 7.25. The Kier molecular flexibility index (Phi) is 3.17. The molecule has 0 N–H and O–H groups in total. The molecule has 80 valence electrons. The summed E-state index contributed by atoms with van der Waals surface area (Å²) in [7, 11) is 0. The Morgan fingerprint density at radius 1 is 1.33 bits per heavy atom. The van der Waals surface area contributed by atoms with Crippen molar-refractivity contribution < 1.29 is 4.79 Å². The zero-order chi connectivity index (χ0) is 10.7. The van der Waals surface area contributed by atoms with Gasteiger partial charge in [-0.1, -0.05) is 18.2 Å². The third-order valence-electron chi connectivity index (χ3n) is 2.94. The van der Waals surface area contributed by atoms with Gasteiger partial charge in [0, 0.05) is 12.1 Å². The molecule has 1 saturated heterocycles. The minimum Gasteiger partial charge on any atom is -0.299 e. The number of hydrogen-bond donors (Lipinski definition) is 0. The maximum absolute atomic E-state index is 11.2. The van der Waals surface area contributed by atoms with Crippen molar-refractivity contribution in [2.45, 2.75) is 26.3 Å². The second kappa shape index (κ2) is 4.58. The molecule has 0 spiro atoms. The molecule has 2 nitrogen and oxygen atoms in total. The monoisotopic (exact) mass is 203 g/mol. The van der Waals surface area contributed by atoms with Gasteiger partial charge >= 0.3 is 0 Å². The average Bonchev–Trinajstić information content (AvgIpc) is 2.71. The molecule has 1 aromatic rings. The van der Waals surface area contributed by atoms with Crippen LogP contribution in [0.1, 0.15) is 35.7 Å². The summed E-state index contributed by atoms with van der Waals surface area (Å²) in [5.74, 6) is 0.151. The molecule has 1 aliphatic rings. The molecule has 1 fully saturated rings. The van der Waals surface area contributed by atoms with Gasteiger partial charge in [-0.2, -0.15) is 0 Å². The summed E-state index contributed by atoms with van der Waals surface area (Å²) in [6, 6.07) is 7.98. The van der Waals surface area contributed by atoms with Gasteiger partial charge in [0.1, 0.15) is 0 Å². The van der Waals surface area contributed by atoms with Crippen molar-refractivity contribution in [3.05, 3.63) is 35.4 Å². The van der Waals surface area contributed by atoms with E-state index in [1.807, 2.05) is 18.2 Å². The zero-order valence-electron chi connectivity index (χ0n) is 9.20. The minimum atomic E-state index is 0.151. The Morgan fingerprint density at radius 3 is 2.73 bits per heavy atom. The maximum Gasteiger partial charge on any atom is 0.159 e. The van der Waals surface area contributed by atoms with Gasteiger partial charge in [0.2, 0.25) is 0 Å². The highest BCUT2D eigenvalue weighted by Crippen LogP contribution is 2.13. The van der Waals surface area contributed by atoms with Gasteiger partial charge in [-0.3, -0.25) is 9.69 Å². The normalized spacial score (nSPS) is 16.9. The van der Waals surface area contributed by atoms with Crippen LogP contribution in [-0.4, -0.2) is 23.8 Å². The maximum atomic E-state index is 11.2. The predicted octanol–water partition coefficient (Wildman–Crippen LogP) is 2.49. The summed E-state index contributed by atoms with van der Waals surface area (Å²) in [6.45, 7) is 5.00. The van der Waals surface area contributed by atoms with E-state index in [4.69, 9.17) is 0 Å². The van der Waals surface area contributed by atoms with Gasteiger partial charge in [-0.05, 0) is 44.5 Å². The van der Waals surface area contributed by atoms with Crippen LogP contribution in [0.3, 0.4) is 0 Å². The van der Waals surface area contributed by atoms with E-state index in [2.05, 4.69) is 11.0 Å². The van der Waals surface area contributed by atoms with Crippen LogP contribution >= 0.6 is 0 Å². The molecule has 1 heterocycles. The summed E-state index contributed by atoms with van der Waals surface area (Å²) >= 11 is 0. The molecule has 2 heteroatoms. The highest BCUT2D eigenvalue weighted by molar-refractivity contribution is 5.94. The lowest BCUT2D eigenvalue weighted by molar-refractivity contribution is 0.101. The number of carbonyl (C=O) groups is 1. The van der Waals surface area contributed by atoms with E-state index in [-0.39, 0.29) is 5.78 Å². The molecular weight excluding hydrogens is 186 g/mol. The Balaban J connectivity index is 2.07. The van der Waals surface area contributed by atoms with E-state index in [1.165, 1.54) is 31.5 Å². The molecule has 2 rings (SSSR count). The van der Waals surface area contributed by atoms with E-state index in [9.17, 15) is 4.79 Å². The van der Waals surface area contributed by atoms with Crippen LogP contribution in [0.4, 0.5) is 0 Å². The zero-order valence-corrected chi connectivity index (χ0v) is 9.20. The van der Waals surface area contributed by atoms with Crippen molar-refractivity contribution in [3.63, 3.8) is 0 Å². The molecule has 0 radical (unpaired) electrons. The number of ketones is 1. The summed E-state index contributed by atoms with van der Waals surface area (Å²) in [6.07, 6.45) is 2.62. The van der Waals surface area contributed by atoms with E-state index in [0.717, 1.165) is 12.1 Å². The highest BCUT2D eigenvalue weighted by Gasteiger charge is 2.11. The number of nitrogens with zero attached hydrogens (tertiary/aromatic N) is 1. The van der Waals surface area contributed by atoms with Gasteiger partial charge in [0.15, 0.2) is 5.78 Å². The molecule has 0 aliphatic carbocycles. The topological polar surface area (TPSA) is 20.3 Å². The van der Waals surface area contributed by atoms with E-state index >= 15 is 0 Å². The van der Waals surface area contributed by atoms with Crippen LogP contribution in [0.25, 0.3) is 0 Å². The molecule has 0 amide bonds. The Hall–Kier alpha value is -1.15. The van der Waals surface area contributed by atoms with Crippen molar-refractivity contribution >= 4 is 5.78 Å². The van der Waals surface area contributed by atoms with Gasteiger partial charge < -0.3 is 0 Å². The first-order valence-electron chi connectivity index (χ1n) is 5.58. The number of rotatable bonds is 3. The molecule has 1 aromatic carbocycles. The number of benzene rings is 1. The van der Waals surface area contributed by atoms with Crippen molar-refractivity contribution in [3.8, 4) is 0 Å². The SMILES string of the molecule is CC(=O)c1cccc(CN2CCCC2)c1. The van der Waals surface area contributed by atoms with Crippen molar-refractivity contribution in [2.75, 3.05) is 13.1 Å². The lowest BCUT2D eigenvalue weighted by Crippen LogP contribution is -2.18. The summed E-state index contributed by atoms with van der Waals surface area (Å²) in [5, 5.41) is 0. The van der Waals surface area contributed by atoms with Crippen LogP contribution in [0.15, 0.2) is 24.3 Å². The van der Waals surface area contributed by atoms with Crippen molar-refractivity contribution in [1.82, 2.24) is 4.90 Å². The molecule has 15 heavy (non-hydrogen) atoms. The second-order valence-electron chi connectivity index (χ2n) is 4.24. The third kappa shape index (κ3) is 2.66. The average molecular weight is 203 g/mol. The highest BCUT2D eigenvalue weighted by atomic mass is 16.1. The molecule has 0 bridgehead atoms. The second-order valence-corrected chi connectivity index (χ2v) is 4.24. The van der Waals surface area contributed by atoms with Crippen LogP contribution in [-0.2, 0) is 6.54 Å². The van der Waals surface area contributed by atoms with Crippen molar-refractivity contribution in [1.29, 1.82) is 0 Å². The van der Waals surface area contributed by atoms with Gasteiger partial charge in [0.25, 0.3) is 0 Å². The molecule has 0 atom stereocenters. The molecule has 0 unspecified atom stereocenters. The number of hydrogen-bond acceptors (Lipinski definition) is 2. The van der Waals surface area contributed by atoms with Gasteiger partial charge in [0.05, 0.1) is 0 Å².